The summed E-state index contributed by atoms with van der Waals surface area (Å²) in [6, 6.07) is 22.3. The molecular weight excluding hydrogens is 1510 g/mol. The molecule has 6 aromatic rings. The second-order valence-electron chi connectivity index (χ2n) is 26.6. The van der Waals surface area contributed by atoms with Crippen LogP contribution < -0.4 is 93.4 Å². The van der Waals surface area contributed by atoms with Gasteiger partial charge in [-0.25, -0.2) is 0 Å². The van der Waals surface area contributed by atoms with Crippen LogP contribution in [0.2, 0.25) is 0 Å². The number of nitrogens with one attached hydrogen (secondary N) is 4. The Hall–Kier alpha value is -8.54. The Morgan fingerprint density at radius 1 is 0.455 bits per heavy atom. The summed E-state index contributed by atoms with van der Waals surface area (Å²) in [5.41, 5.74) is 7.61. The molecule has 0 fully saturated rings. The van der Waals surface area contributed by atoms with Crippen molar-refractivity contribution in [2.24, 2.45) is 0 Å². The van der Waals surface area contributed by atoms with Gasteiger partial charge in [-0.3, -0.25) is 19.2 Å². The first kappa shape index (κ1) is 93.8. The maximum absolute atomic E-state index is 13.4. The predicted molar refractivity (Wildman–Crippen MR) is 417 cm³/mol. The number of aliphatic hydroxyl groups is 2. The van der Waals surface area contributed by atoms with E-state index in [1.54, 1.807) is 83.2 Å². The third-order valence-corrected chi connectivity index (χ3v) is 20.0. The molecule has 110 heavy (non-hydrogen) atoms. The van der Waals surface area contributed by atoms with Crippen LogP contribution in [-0.4, -0.2) is 230 Å². The zero-order valence-corrected chi connectivity index (χ0v) is 68.1. The number of phenols is 2. The number of quaternary nitrogens is 2. The number of ketones is 2. The van der Waals surface area contributed by atoms with Crippen LogP contribution in [-0.2, 0) is 44.7 Å². The van der Waals surface area contributed by atoms with Crippen LogP contribution in [0.25, 0.3) is 0 Å². The highest BCUT2D eigenvalue weighted by atomic mass is 35.5. The van der Waals surface area contributed by atoms with Gasteiger partial charge >= 0.3 is 11.9 Å². The molecule has 0 saturated carbocycles. The number of carbonyl (C=O) groups is 4. The van der Waals surface area contributed by atoms with E-state index in [-0.39, 0.29) is 133 Å². The Bertz CT molecular complexity index is 3740. The third-order valence-electron chi connectivity index (χ3n) is 20.0. The number of aromatic hydroxyl groups is 2. The van der Waals surface area contributed by atoms with Crippen LogP contribution in [0.1, 0.15) is 116 Å². The van der Waals surface area contributed by atoms with Crippen molar-refractivity contribution in [3.63, 3.8) is 0 Å². The van der Waals surface area contributed by atoms with E-state index < -0.39 is 11.6 Å². The van der Waals surface area contributed by atoms with E-state index in [2.05, 4.69) is 59.6 Å². The third kappa shape index (κ3) is 23.1. The van der Waals surface area contributed by atoms with E-state index >= 15 is 0 Å². The molecule has 4 atom stereocenters. The number of fused-ring (bicyclic) bond motifs is 4. The number of hydrogen-bond donors (Lipinski definition) is 8. The number of esters is 2. The maximum Gasteiger partial charge on any atom is 0.306 e. The van der Waals surface area contributed by atoms with Crippen LogP contribution in [0.3, 0.4) is 0 Å². The number of rotatable bonds is 40. The highest BCUT2D eigenvalue weighted by Crippen LogP contribution is 2.48. The van der Waals surface area contributed by atoms with E-state index in [1.807, 2.05) is 36.4 Å². The number of halogens is 4. The molecule has 608 valence electrons. The van der Waals surface area contributed by atoms with Gasteiger partial charge in [0.25, 0.3) is 0 Å². The van der Waals surface area contributed by atoms with Gasteiger partial charge in [-0.15, -0.1) is 24.8 Å². The first-order chi connectivity index (χ1) is 51.3. The molecule has 0 amide bonds. The number of hydrogen-bond acceptors (Lipinski definition) is 24. The zero-order valence-electron chi connectivity index (χ0n) is 65.0. The van der Waals surface area contributed by atoms with Crippen molar-refractivity contribution in [2.75, 3.05) is 188 Å². The first-order valence-electron chi connectivity index (χ1n) is 35.9. The Morgan fingerprint density at radius 3 is 1.11 bits per heavy atom. The van der Waals surface area contributed by atoms with Crippen LogP contribution in [0.15, 0.2) is 84.9 Å². The average molecular weight is 1620 g/mol. The number of ether oxygens (including phenoxy) is 12. The highest BCUT2D eigenvalue weighted by molar-refractivity contribution is 6.33. The number of carbonyl (C=O) groups excluding carboxylic acids is 4. The Balaban J connectivity index is 0.000000594. The summed E-state index contributed by atoms with van der Waals surface area (Å²) in [5, 5.41) is 50.6. The van der Waals surface area contributed by atoms with Crippen molar-refractivity contribution in [2.45, 2.75) is 76.3 Å². The number of nitrogens with zero attached hydrogens (tertiary/aromatic N) is 2. The fourth-order valence-electron chi connectivity index (χ4n) is 14.5. The summed E-state index contributed by atoms with van der Waals surface area (Å²) in [7, 11) is 20.9. The summed E-state index contributed by atoms with van der Waals surface area (Å²) in [6.07, 6.45) is 9.94. The van der Waals surface area contributed by atoms with Gasteiger partial charge < -0.3 is 132 Å². The SMILES string of the molecule is COc1cc2c(cc1OC)[C@@H](Cc1cc(OC)c(OC)c(OC)c1)[N+](C)(CCCOC(=O)CC/C=C/CCC(=O)OCCC[N+]1(C)CCc3cc(OC)c(OC)cc3[C@H]1Cc1cc(OC)c(OC)c(OC)c1)CC2.Cl.Cl.O=C1c2c(O)ccc(O)c2C(=O)c2c(NCCNCCO)ccc(NCCNCCO)c21.[Cl-].[Cl-]. The van der Waals surface area contributed by atoms with Crippen molar-refractivity contribution < 1.29 is 130 Å². The Labute approximate surface area is 670 Å². The first-order valence-corrected chi connectivity index (χ1v) is 35.9. The highest BCUT2D eigenvalue weighted by Gasteiger charge is 2.43. The minimum atomic E-state index is -0.559. The van der Waals surface area contributed by atoms with Crippen LogP contribution in [0, 0.1) is 0 Å². The molecule has 0 aromatic heterocycles. The summed E-state index contributed by atoms with van der Waals surface area (Å²) >= 11 is 0. The van der Waals surface area contributed by atoms with Crippen molar-refractivity contribution in [3.8, 4) is 69.0 Å². The molecule has 0 saturated heterocycles. The molecule has 26 nitrogen and oxygen atoms in total. The fourth-order valence-corrected chi connectivity index (χ4v) is 14.5. The number of aliphatic hydroxyl groups excluding tert-OH is 2. The molecule has 3 aliphatic rings. The molecule has 2 heterocycles. The van der Waals surface area contributed by atoms with Crippen molar-refractivity contribution in [3.05, 3.63) is 141 Å². The van der Waals surface area contributed by atoms with Crippen molar-refractivity contribution >= 4 is 59.7 Å². The van der Waals surface area contributed by atoms with E-state index in [0.29, 0.717) is 160 Å². The zero-order chi connectivity index (χ0) is 76.5. The molecule has 30 heteroatoms. The van der Waals surface area contributed by atoms with E-state index in [0.717, 1.165) is 59.1 Å². The monoisotopic (exact) mass is 1610 g/mol. The number of anilines is 2. The number of phenolic OH excluding ortho intramolecular Hbond substituents is 2. The van der Waals surface area contributed by atoms with Gasteiger partial charge in [0.05, 0.1) is 160 Å². The van der Waals surface area contributed by atoms with Crippen LogP contribution in [0.4, 0.5) is 11.4 Å². The Morgan fingerprint density at radius 2 is 0.791 bits per heavy atom. The second kappa shape index (κ2) is 45.7. The molecule has 0 bridgehead atoms. The molecule has 1 aliphatic carbocycles. The molecular formula is C80H110Cl4N6O20. The van der Waals surface area contributed by atoms with Crippen molar-refractivity contribution in [1.29, 1.82) is 0 Å². The lowest BCUT2D eigenvalue weighted by molar-refractivity contribution is -0.941. The van der Waals surface area contributed by atoms with Gasteiger partial charge in [0, 0.05) is 113 Å². The predicted octanol–water partition coefficient (Wildman–Crippen LogP) is 3.74. The van der Waals surface area contributed by atoms with E-state index in [1.165, 1.54) is 34.4 Å². The minimum Gasteiger partial charge on any atom is -1.00 e. The van der Waals surface area contributed by atoms with Gasteiger partial charge in [0.1, 0.15) is 23.6 Å². The summed E-state index contributed by atoms with van der Waals surface area (Å²) < 4.78 is 69.8. The quantitative estimate of drug-likeness (QED) is 0.00892. The molecule has 6 aromatic carbocycles. The number of benzene rings is 6. The van der Waals surface area contributed by atoms with Crippen molar-refractivity contribution in [1.82, 2.24) is 10.6 Å². The summed E-state index contributed by atoms with van der Waals surface area (Å²) in [6.45, 7) is 6.82. The lowest BCUT2D eigenvalue weighted by Gasteiger charge is -2.46. The number of likely N-dealkylation sites (N-methyl/N-ethyl adjacent to an activating group) is 2. The number of allylic oxidation sites excluding steroid dienone is 2. The van der Waals surface area contributed by atoms with Crippen LogP contribution in [0.5, 0.6) is 69.0 Å². The molecule has 8 N–H and O–H groups in total. The fraction of sp³-hybridized carbons (Fsp3) is 0.475. The van der Waals surface area contributed by atoms with Gasteiger partial charge in [-0.05, 0) is 108 Å². The largest absolute Gasteiger partial charge is 1.00 e. The number of methoxy groups -OCH3 is 10. The van der Waals surface area contributed by atoms with E-state index in [9.17, 15) is 29.4 Å². The van der Waals surface area contributed by atoms with Gasteiger partial charge in [0.15, 0.2) is 46.0 Å². The Kier molecular flexibility index (Phi) is 39.0. The maximum atomic E-state index is 13.4. The standard InChI is InChI=1S/C58H80N2O14.C22H28N4O6.4ClH/c1-59(25-21-41-35-47(63-3)49(65-5)37-43(41)45(59)29-39-31-51(67-7)57(71-11)52(32-39)68-8)23-17-27-73-55(61)19-15-13-14-16-20-56(62)74-28-18-24-60(2)26-22-42-36-48(64-4)50(66-6)38-44(42)46(60)30-40-33-53(69-9)58(72-12)54(34-40)70-10;27-11-9-23-5-7-25-13-1-2-14(26-8-6-24-10-12-28)18-17(13)21(31)19-15(29)3-4-16(30)20(19)22(18)32;;;;/h13-14,31-38,45-46H,15-30H2,1-12H3;1-4,23-30H,5-12H2;4*1H/q+2;;;;;/p-2/b14-13+;;;;;/t45-,46-,59?,60?;;;;;/m1...../s1. The smallest absolute Gasteiger partial charge is 0.306 e. The molecule has 0 spiro atoms. The normalized spacial score (nSPS) is 16.3. The summed E-state index contributed by atoms with van der Waals surface area (Å²) in [4.78, 5) is 52.4. The minimum absolute atomic E-state index is 0. The molecule has 9 rings (SSSR count). The van der Waals surface area contributed by atoms with Gasteiger partial charge in [-0.1, -0.05) is 12.2 Å². The molecule has 2 aliphatic heterocycles. The second-order valence-corrected chi connectivity index (χ2v) is 26.6. The average Bonchev–Trinajstić information content (AvgIpc) is 0.744. The van der Waals surface area contributed by atoms with Crippen LogP contribution >= 0.6 is 24.8 Å². The van der Waals surface area contributed by atoms with Gasteiger partial charge in [0.2, 0.25) is 23.1 Å². The molecule has 0 radical (unpaired) electrons. The lowest BCUT2D eigenvalue weighted by Crippen LogP contribution is -3.00. The summed E-state index contributed by atoms with van der Waals surface area (Å²) in [5.74, 6) is 3.95. The topological polar surface area (TPSA) is 308 Å². The van der Waals surface area contributed by atoms with Gasteiger partial charge in [-0.2, -0.15) is 0 Å². The van der Waals surface area contributed by atoms with E-state index in [4.69, 9.17) is 67.1 Å². The molecule has 2 unspecified atom stereocenters. The lowest BCUT2D eigenvalue weighted by atomic mass is 9.81.